The zero-order chi connectivity index (χ0) is 13.8. The number of carbonyl (C=O) groups is 1. The molecule has 1 fully saturated rings. The molecule has 7 heteroatoms. The van der Waals surface area contributed by atoms with Gasteiger partial charge in [-0.15, -0.1) is 10.2 Å². The van der Waals surface area contributed by atoms with Crippen molar-refractivity contribution in [3.63, 3.8) is 0 Å². The zero-order valence-electron chi connectivity index (χ0n) is 11.0. The van der Waals surface area contributed by atoms with Crippen LogP contribution in [0.5, 0.6) is 0 Å². The lowest BCUT2D eigenvalue weighted by Gasteiger charge is -2.27. The van der Waals surface area contributed by atoms with Gasteiger partial charge in [0.25, 0.3) is 0 Å². The summed E-state index contributed by atoms with van der Waals surface area (Å²) in [7, 11) is 0. The van der Waals surface area contributed by atoms with Crippen LogP contribution in [0, 0.1) is 0 Å². The number of carbonyl (C=O) groups excluding carboxylic acids is 1. The van der Waals surface area contributed by atoms with E-state index in [1.54, 1.807) is 0 Å². The van der Waals surface area contributed by atoms with E-state index >= 15 is 0 Å². The van der Waals surface area contributed by atoms with Gasteiger partial charge in [-0.25, -0.2) is 4.98 Å². The highest BCUT2D eigenvalue weighted by Crippen LogP contribution is 2.08. The number of hydrogen-bond donors (Lipinski definition) is 2. The molecule has 104 valence electrons. The number of nitrogens with one attached hydrogen (secondary N) is 2. The van der Waals surface area contributed by atoms with Crippen molar-refractivity contribution in [2.75, 3.05) is 38.0 Å². The third kappa shape index (κ3) is 2.83. The number of para-hydroxylation sites is 1. The average Bonchev–Trinajstić information content (AvgIpc) is 2.53. The smallest absolute Gasteiger partial charge is 0.243 e. The maximum absolute atomic E-state index is 12.0. The van der Waals surface area contributed by atoms with Crippen molar-refractivity contribution in [1.82, 2.24) is 25.4 Å². The molecule has 1 aromatic carbocycles. The summed E-state index contributed by atoms with van der Waals surface area (Å²) in [5.41, 5.74) is 1.51. The van der Waals surface area contributed by atoms with E-state index in [1.807, 2.05) is 29.2 Å². The molecule has 1 aromatic heterocycles. The third-order valence-corrected chi connectivity index (χ3v) is 3.23. The first-order valence-corrected chi connectivity index (χ1v) is 6.65. The largest absolute Gasteiger partial charge is 0.344 e. The van der Waals surface area contributed by atoms with Gasteiger partial charge in [0.2, 0.25) is 11.9 Å². The maximum atomic E-state index is 12.0. The lowest BCUT2D eigenvalue weighted by atomic mass is 10.3. The van der Waals surface area contributed by atoms with Gasteiger partial charge in [-0.3, -0.25) is 4.79 Å². The van der Waals surface area contributed by atoms with E-state index in [0.29, 0.717) is 5.95 Å². The fraction of sp³-hybridized carbons (Fsp3) is 0.385. The van der Waals surface area contributed by atoms with E-state index in [0.717, 1.165) is 37.2 Å². The van der Waals surface area contributed by atoms with Crippen molar-refractivity contribution in [2.45, 2.75) is 0 Å². The van der Waals surface area contributed by atoms with Crippen molar-refractivity contribution >= 4 is 22.9 Å². The van der Waals surface area contributed by atoms with Crippen LogP contribution in [0.15, 0.2) is 24.3 Å². The molecule has 0 bridgehead atoms. The lowest BCUT2D eigenvalue weighted by Crippen LogP contribution is -2.48. The van der Waals surface area contributed by atoms with Crippen molar-refractivity contribution in [3.05, 3.63) is 24.3 Å². The summed E-state index contributed by atoms with van der Waals surface area (Å²) in [6.07, 6.45) is 0. The summed E-state index contributed by atoms with van der Waals surface area (Å²) in [4.78, 5) is 18.2. The van der Waals surface area contributed by atoms with Gasteiger partial charge in [-0.05, 0) is 12.1 Å². The van der Waals surface area contributed by atoms with Gasteiger partial charge in [-0.1, -0.05) is 12.1 Å². The second kappa shape index (κ2) is 5.79. The number of rotatable bonds is 3. The molecule has 0 unspecified atom stereocenters. The monoisotopic (exact) mass is 272 g/mol. The molecule has 0 saturated carbocycles. The second-order valence-corrected chi connectivity index (χ2v) is 4.61. The van der Waals surface area contributed by atoms with Gasteiger partial charge in [-0.2, -0.15) is 0 Å². The van der Waals surface area contributed by atoms with E-state index < -0.39 is 0 Å². The number of nitrogens with zero attached hydrogens (tertiary/aromatic N) is 4. The molecule has 1 saturated heterocycles. The predicted molar refractivity (Wildman–Crippen MR) is 75.3 cm³/mol. The van der Waals surface area contributed by atoms with Crippen LogP contribution < -0.4 is 10.6 Å². The summed E-state index contributed by atoms with van der Waals surface area (Å²) in [6, 6.07) is 7.50. The molecule has 0 radical (unpaired) electrons. The quantitative estimate of drug-likeness (QED) is 0.810. The summed E-state index contributed by atoms with van der Waals surface area (Å²) in [6.45, 7) is 3.38. The number of piperazine rings is 1. The van der Waals surface area contributed by atoms with Crippen LogP contribution in [-0.2, 0) is 4.79 Å². The van der Waals surface area contributed by atoms with Crippen LogP contribution in [0.25, 0.3) is 11.0 Å². The van der Waals surface area contributed by atoms with Crippen LogP contribution in [-0.4, -0.2) is 58.7 Å². The Hall–Kier alpha value is -2.28. The van der Waals surface area contributed by atoms with Gasteiger partial charge in [0, 0.05) is 26.2 Å². The summed E-state index contributed by atoms with van der Waals surface area (Å²) in [5, 5.41) is 14.2. The Bertz CT molecular complexity index is 611. The minimum absolute atomic E-state index is 0.0586. The van der Waals surface area contributed by atoms with Crippen molar-refractivity contribution in [3.8, 4) is 0 Å². The molecule has 3 rings (SSSR count). The van der Waals surface area contributed by atoms with Gasteiger partial charge in [0.05, 0.1) is 12.1 Å². The van der Waals surface area contributed by atoms with Gasteiger partial charge in [0.15, 0.2) is 0 Å². The third-order valence-electron chi connectivity index (χ3n) is 3.23. The van der Waals surface area contributed by atoms with Crippen molar-refractivity contribution < 1.29 is 4.79 Å². The first-order valence-electron chi connectivity index (χ1n) is 6.65. The van der Waals surface area contributed by atoms with Crippen LogP contribution in [0.1, 0.15) is 0 Å². The van der Waals surface area contributed by atoms with Crippen LogP contribution in [0.4, 0.5) is 5.95 Å². The zero-order valence-corrected chi connectivity index (χ0v) is 11.0. The van der Waals surface area contributed by atoms with E-state index in [-0.39, 0.29) is 12.5 Å². The fourth-order valence-electron chi connectivity index (χ4n) is 2.14. The molecule has 7 nitrogen and oxygen atoms in total. The molecule has 0 aliphatic carbocycles. The highest BCUT2D eigenvalue weighted by Gasteiger charge is 2.15. The number of fused-ring (bicyclic) bond motifs is 1. The highest BCUT2D eigenvalue weighted by molar-refractivity contribution is 5.81. The minimum atomic E-state index is 0.0586. The molecule has 2 N–H and O–H groups in total. The first-order chi connectivity index (χ1) is 9.83. The van der Waals surface area contributed by atoms with Crippen LogP contribution in [0.3, 0.4) is 0 Å². The molecule has 20 heavy (non-hydrogen) atoms. The maximum Gasteiger partial charge on any atom is 0.243 e. The molecule has 1 aliphatic heterocycles. The molecule has 0 atom stereocenters. The Morgan fingerprint density at radius 3 is 2.75 bits per heavy atom. The SMILES string of the molecule is O=C(CNc1nnc2ccccc2n1)N1CCNCC1. The summed E-state index contributed by atoms with van der Waals surface area (Å²) < 4.78 is 0. The summed E-state index contributed by atoms with van der Waals surface area (Å²) in [5.74, 6) is 0.440. The Labute approximate surface area is 116 Å². The molecule has 1 amide bonds. The first kappa shape index (κ1) is 12.7. The average molecular weight is 272 g/mol. The lowest BCUT2D eigenvalue weighted by molar-refractivity contribution is -0.129. The number of hydrogen-bond acceptors (Lipinski definition) is 6. The molecular weight excluding hydrogens is 256 g/mol. The van der Waals surface area contributed by atoms with Gasteiger partial charge in [0.1, 0.15) is 5.52 Å². The molecule has 0 spiro atoms. The number of aromatic nitrogens is 3. The van der Waals surface area contributed by atoms with Crippen molar-refractivity contribution in [1.29, 1.82) is 0 Å². The van der Waals surface area contributed by atoms with Crippen LogP contribution in [0.2, 0.25) is 0 Å². The minimum Gasteiger partial charge on any atom is -0.344 e. The highest BCUT2D eigenvalue weighted by atomic mass is 16.2. The van der Waals surface area contributed by atoms with Crippen LogP contribution >= 0.6 is 0 Å². The molecular formula is C13H16N6O. The van der Waals surface area contributed by atoms with E-state index in [4.69, 9.17) is 0 Å². The normalized spacial score (nSPS) is 15.3. The Kier molecular flexibility index (Phi) is 3.69. The summed E-state index contributed by atoms with van der Waals surface area (Å²) >= 11 is 0. The molecule has 2 heterocycles. The van der Waals surface area contributed by atoms with Gasteiger partial charge >= 0.3 is 0 Å². The van der Waals surface area contributed by atoms with E-state index in [1.165, 1.54) is 0 Å². The van der Waals surface area contributed by atoms with E-state index in [2.05, 4.69) is 25.8 Å². The fourth-order valence-corrected chi connectivity index (χ4v) is 2.14. The van der Waals surface area contributed by atoms with Crippen molar-refractivity contribution in [2.24, 2.45) is 0 Å². The molecule has 1 aliphatic rings. The Balaban J connectivity index is 1.62. The Morgan fingerprint density at radius 2 is 1.95 bits per heavy atom. The topological polar surface area (TPSA) is 83.0 Å². The standard InChI is InChI=1S/C13H16N6O/c20-12(19-7-5-14-6-8-19)9-15-13-16-10-3-1-2-4-11(10)17-18-13/h1-4,14H,5-9H2,(H,15,16,18). The number of anilines is 1. The predicted octanol–water partition coefficient (Wildman–Crippen LogP) is -0.131. The number of amides is 1. The second-order valence-electron chi connectivity index (χ2n) is 4.61. The van der Waals surface area contributed by atoms with Gasteiger partial charge < -0.3 is 15.5 Å². The van der Waals surface area contributed by atoms with E-state index in [9.17, 15) is 4.79 Å². The Morgan fingerprint density at radius 1 is 1.20 bits per heavy atom. The molecule has 2 aromatic rings. The number of benzene rings is 1.